The molecular formula is C13H26N4. The van der Waals surface area contributed by atoms with Gasteiger partial charge in [-0.1, -0.05) is 6.42 Å². The minimum absolute atomic E-state index is 0.488. The number of likely N-dealkylation sites (tertiary alicyclic amines) is 1. The second kappa shape index (κ2) is 5.71. The molecule has 1 saturated heterocycles. The largest absolute Gasteiger partial charge is 0.355 e. The Morgan fingerprint density at radius 3 is 2.94 bits per heavy atom. The van der Waals surface area contributed by atoms with Crippen LogP contribution in [0.25, 0.3) is 0 Å². The van der Waals surface area contributed by atoms with E-state index in [1.54, 1.807) is 0 Å². The average molecular weight is 238 g/mol. The predicted octanol–water partition coefficient (Wildman–Crippen LogP) is 1.19. The van der Waals surface area contributed by atoms with Gasteiger partial charge in [-0.05, 0) is 40.2 Å². The van der Waals surface area contributed by atoms with Gasteiger partial charge in [0.2, 0.25) is 0 Å². The van der Waals surface area contributed by atoms with E-state index in [0.717, 1.165) is 25.1 Å². The van der Waals surface area contributed by atoms with Crippen molar-refractivity contribution in [2.75, 3.05) is 19.6 Å². The molecule has 0 spiro atoms. The summed E-state index contributed by atoms with van der Waals surface area (Å²) in [6.07, 6.45) is 4.09. The van der Waals surface area contributed by atoms with Gasteiger partial charge in [-0.2, -0.15) is 0 Å². The van der Waals surface area contributed by atoms with Crippen molar-refractivity contribution in [2.24, 2.45) is 4.99 Å². The number of guanidine groups is 1. The molecule has 0 bridgehead atoms. The van der Waals surface area contributed by atoms with Gasteiger partial charge in [-0.3, -0.25) is 9.89 Å². The van der Waals surface area contributed by atoms with Crippen LogP contribution in [0.1, 0.15) is 40.0 Å². The van der Waals surface area contributed by atoms with Crippen molar-refractivity contribution in [3.8, 4) is 0 Å². The summed E-state index contributed by atoms with van der Waals surface area (Å²) in [4.78, 5) is 7.05. The lowest BCUT2D eigenvalue weighted by Gasteiger charge is -2.38. The zero-order chi connectivity index (χ0) is 12.3. The summed E-state index contributed by atoms with van der Waals surface area (Å²) < 4.78 is 0. The molecule has 2 aliphatic rings. The van der Waals surface area contributed by atoms with Gasteiger partial charge in [0, 0.05) is 24.7 Å². The lowest BCUT2D eigenvalue weighted by molar-refractivity contribution is 0.115. The van der Waals surface area contributed by atoms with E-state index in [9.17, 15) is 0 Å². The first-order valence-corrected chi connectivity index (χ1v) is 6.97. The van der Waals surface area contributed by atoms with Crippen LogP contribution in [-0.2, 0) is 0 Å². The van der Waals surface area contributed by atoms with Crippen LogP contribution in [0.5, 0.6) is 0 Å². The van der Waals surface area contributed by atoms with Crippen LogP contribution in [0.3, 0.4) is 0 Å². The Labute approximate surface area is 105 Å². The molecular weight excluding hydrogens is 212 g/mol. The molecule has 0 saturated carbocycles. The Morgan fingerprint density at radius 2 is 2.29 bits per heavy atom. The summed E-state index contributed by atoms with van der Waals surface area (Å²) in [6.45, 7) is 9.96. The molecule has 2 aliphatic heterocycles. The van der Waals surface area contributed by atoms with Gasteiger partial charge >= 0.3 is 0 Å². The average Bonchev–Trinajstić information content (AvgIpc) is 2.73. The highest BCUT2D eigenvalue weighted by Gasteiger charge is 2.23. The molecule has 3 atom stereocenters. The molecule has 3 unspecified atom stereocenters. The summed E-state index contributed by atoms with van der Waals surface area (Å²) in [7, 11) is 0. The Morgan fingerprint density at radius 1 is 1.47 bits per heavy atom. The third-order valence-corrected chi connectivity index (χ3v) is 3.89. The third-order valence-electron chi connectivity index (χ3n) is 3.89. The summed E-state index contributed by atoms with van der Waals surface area (Å²) in [5.74, 6) is 0.981. The molecule has 0 amide bonds. The highest BCUT2D eigenvalue weighted by molar-refractivity contribution is 5.81. The van der Waals surface area contributed by atoms with E-state index in [4.69, 9.17) is 0 Å². The molecule has 2 heterocycles. The first kappa shape index (κ1) is 12.7. The van der Waals surface area contributed by atoms with Crippen LogP contribution in [0.15, 0.2) is 4.99 Å². The second-order valence-corrected chi connectivity index (χ2v) is 5.55. The maximum atomic E-state index is 4.43. The van der Waals surface area contributed by atoms with Gasteiger partial charge in [0.1, 0.15) is 0 Å². The van der Waals surface area contributed by atoms with Crippen LogP contribution in [-0.4, -0.2) is 48.6 Å². The number of aliphatic imine (C=N–C) groups is 1. The van der Waals surface area contributed by atoms with E-state index >= 15 is 0 Å². The zero-order valence-corrected chi connectivity index (χ0v) is 11.4. The molecule has 17 heavy (non-hydrogen) atoms. The van der Waals surface area contributed by atoms with Crippen molar-refractivity contribution in [3.05, 3.63) is 0 Å². The van der Waals surface area contributed by atoms with E-state index in [-0.39, 0.29) is 0 Å². The normalized spacial score (nSPS) is 31.8. The fourth-order valence-corrected chi connectivity index (χ4v) is 2.80. The molecule has 0 aromatic heterocycles. The van der Waals surface area contributed by atoms with Gasteiger partial charge in [0.25, 0.3) is 0 Å². The van der Waals surface area contributed by atoms with Crippen molar-refractivity contribution >= 4 is 5.96 Å². The number of nitrogens with zero attached hydrogens (tertiary/aromatic N) is 2. The Hall–Kier alpha value is -0.770. The topological polar surface area (TPSA) is 39.7 Å². The van der Waals surface area contributed by atoms with Gasteiger partial charge in [0.05, 0.1) is 6.54 Å². The van der Waals surface area contributed by atoms with Gasteiger partial charge in [0.15, 0.2) is 5.96 Å². The van der Waals surface area contributed by atoms with Gasteiger partial charge in [-0.25, -0.2) is 0 Å². The first-order valence-electron chi connectivity index (χ1n) is 6.97. The molecule has 4 nitrogen and oxygen atoms in total. The van der Waals surface area contributed by atoms with Crippen LogP contribution in [0.4, 0.5) is 0 Å². The van der Waals surface area contributed by atoms with Crippen molar-refractivity contribution in [1.29, 1.82) is 0 Å². The van der Waals surface area contributed by atoms with Crippen LogP contribution in [0, 0.1) is 0 Å². The Bertz CT molecular complexity index is 277. The molecule has 0 aromatic rings. The van der Waals surface area contributed by atoms with Crippen LogP contribution >= 0.6 is 0 Å². The smallest absolute Gasteiger partial charge is 0.191 e. The molecule has 0 aliphatic carbocycles. The highest BCUT2D eigenvalue weighted by atomic mass is 15.3. The molecule has 98 valence electrons. The number of hydrogen-bond acceptors (Lipinski definition) is 4. The molecule has 1 fully saturated rings. The Kier molecular flexibility index (Phi) is 4.26. The minimum Gasteiger partial charge on any atom is -0.355 e. The summed E-state index contributed by atoms with van der Waals surface area (Å²) in [5, 5.41) is 6.77. The van der Waals surface area contributed by atoms with Gasteiger partial charge in [-0.15, -0.1) is 0 Å². The van der Waals surface area contributed by atoms with Crippen molar-refractivity contribution in [3.63, 3.8) is 0 Å². The van der Waals surface area contributed by atoms with Crippen molar-refractivity contribution in [2.45, 2.75) is 58.2 Å². The van der Waals surface area contributed by atoms with Gasteiger partial charge < -0.3 is 10.6 Å². The maximum Gasteiger partial charge on any atom is 0.191 e. The van der Waals surface area contributed by atoms with Crippen molar-refractivity contribution < 1.29 is 0 Å². The quantitative estimate of drug-likeness (QED) is 0.776. The molecule has 2 N–H and O–H groups in total. The SMILES string of the molecule is CC1CN=C(NCC(C)N2CCCCC2C)N1. The third kappa shape index (κ3) is 3.35. The van der Waals surface area contributed by atoms with E-state index < -0.39 is 0 Å². The molecule has 4 heteroatoms. The second-order valence-electron chi connectivity index (χ2n) is 5.55. The first-order chi connectivity index (χ1) is 8.16. The fourth-order valence-electron chi connectivity index (χ4n) is 2.80. The minimum atomic E-state index is 0.488. The monoisotopic (exact) mass is 238 g/mol. The predicted molar refractivity (Wildman–Crippen MR) is 72.4 cm³/mol. The maximum absolute atomic E-state index is 4.43. The van der Waals surface area contributed by atoms with E-state index in [1.807, 2.05) is 0 Å². The summed E-state index contributed by atoms with van der Waals surface area (Å²) in [5.41, 5.74) is 0. The molecule has 2 rings (SSSR count). The fraction of sp³-hybridized carbons (Fsp3) is 0.923. The molecule has 0 aromatic carbocycles. The Balaban J connectivity index is 1.74. The van der Waals surface area contributed by atoms with E-state index in [2.05, 4.69) is 41.3 Å². The zero-order valence-electron chi connectivity index (χ0n) is 11.4. The highest BCUT2D eigenvalue weighted by Crippen LogP contribution is 2.18. The number of hydrogen-bond donors (Lipinski definition) is 2. The van der Waals surface area contributed by atoms with E-state index in [0.29, 0.717) is 12.1 Å². The number of piperidine rings is 1. The van der Waals surface area contributed by atoms with E-state index in [1.165, 1.54) is 25.8 Å². The number of rotatable bonds is 3. The van der Waals surface area contributed by atoms with Crippen molar-refractivity contribution in [1.82, 2.24) is 15.5 Å². The summed E-state index contributed by atoms with van der Waals surface area (Å²) in [6, 6.07) is 1.81. The number of nitrogens with one attached hydrogen (secondary N) is 2. The lowest BCUT2D eigenvalue weighted by Crippen LogP contribution is -2.50. The summed E-state index contributed by atoms with van der Waals surface area (Å²) >= 11 is 0. The van der Waals surface area contributed by atoms with Crippen LogP contribution in [0.2, 0.25) is 0 Å². The standard InChI is InChI=1S/C13H26N4/c1-10-8-14-13(16-10)15-9-12(3)17-7-5-4-6-11(17)2/h10-12H,4-9H2,1-3H3,(H2,14,15,16). The lowest BCUT2D eigenvalue weighted by atomic mass is 10.0. The van der Waals surface area contributed by atoms with Crippen LogP contribution < -0.4 is 10.6 Å². The molecule has 0 radical (unpaired) electrons.